The Morgan fingerprint density at radius 2 is 1.66 bits per heavy atom. The molecule has 0 fully saturated rings. The summed E-state index contributed by atoms with van der Waals surface area (Å²) in [4.78, 5) is 2.06. The molecule has 0 saturated carbocycles. The molecule has 164 valence electrons. The Morgan fingerprint density at radius 1 is 0.938 bits per heavy atom. The number of nitrogens with zero attached hydrogens (tertiary/aromatic N) is 1. The highest BCUT2D eigenvalue weighted by molar-refractivity contribution is 6.30. The van der Waals surface area contributed by atoms with Gasteiger partial charge >= 0.3 is 0 Å². The fourth-order valence-corrected chi connectivity index (χ4v) is 4.31. The van der Waals surface area contributed by atoms with Gasteiger partial charge in [-0.05, 0) is 59.5 Å². The van der Waals surface area contributed by atoms with Crippen LogP contribution in [0.2, 0.25) is 5.02 Å². The smallest absolute Gasteiger partial charge is 0.231 e. The van der Waals surface area contributed by atoms with Crippen LogP contribution in [0.25, 0.3) is 5.57 Å². The molecule has 0 bridgehead atoms. The molecule has 0 amide bonds. The highest BCUT2D eigenvalue weighted by Crippen LogP contribution is 2.45. The molecule has 0 saturated heterocycles. The normalized spacial score (nSPS) is 19.5. The minimum absolute atomic E-state index is 0.225. The number of aliphatic hydroxyl groups is 1. The summed E-state index contributed by atoms with van der Waals surface area (Å²) in [6.45, 7) is 0.531. The summed E-state index contributed by atoms with van der Waals surface area (Å²) in [7, 11) is 4.02. The second-order valence-corrected chi connectivity index (χ2v) is 8.64. The molecule has 0 spiro atoms. The summed E-state index contributed by atoms with van der Waals surface area (Å²) in [6.07, 6.45) is 0.501. The van der Waals surface area contributed by atoms with E-state index in [4.69, 9.17) is 25.8 Å². The molecule has 0 aromatic heterocycles. The maximum atomic E-state index is 11.8. The average Bonchev–Trinajstić information content (AvgIpc) is 3.39. The average molecular weight is 450 g/mol. The van der Waals surface area contributed by atoms with E-state index in [9.17, 15) is 5.11 Å². The number of ether oxygens (including phenoxy) is 3. The highest BCUT2D eigenvalue weighted by atomic mass is 35.5. The standard InChI is InChI=1S/C26H24ClNO4/c1-28(2)21-10-4-18(5-11-21)22-15-32-26(29,19-6-8-20(27)9-7-19)23(22)13-17-3-12-24-25(14-17)31-16-30-24/h3-12,14,29H,13,15-16H2,1-2H3. The summed E-state index contributed by atoms with van der Waals surface area (Å²) in [5.41, 5.74) is 5.57. The third-order valence-electron chi connectivity index (χ3n) is 5.98. The van der Waals surface area contributed by atoms with Crippen molar-refractivity contribution in [3.63, 3.8) is 0 Å². The third kappa shape index (κ3) is 3.73. The molecule has 2 heterocycles. The van der Waals surface area contributed by atoms with Gasteiger partial charge in [0.1, 0.15) is 0 Å². The Balaban J connectivity index is 1.59. The van der Waals surface area contributed by atoms with Gasteiger partial charge in [-0.3, -0.25) is 0 Å². The minimum atomic E-state index is -1.55. The molecule has 6 heteroatoms. The molecule has 5 nitrogen and oxygen atoms in total. The van der Waals surface area contributed by atoms with Gasteiger partial charge in [-0.25, -0.2) is 0 Å². The molecule has 1 unspecified atom stereocenters. The predicted octanol–water partition coefficient (Wildman–Crippen LogP) is 5.01. The molecule has 3 aromatic carbocycles. The van der Waals surface area contributed by atoms with Crippen LogP contribution in [0.4, 0.5) is 5.69 Å². The first kappa shape index (κ1) is 20.9. The summed E-state index contributed by atoms with van der Waals surface area (Å²) >= 11 is 6.08. The fourth-order valence-electron chi connectivity index (χ4n) is 4.19. The van der Waals surface area contributed by atoms with Crippen LogP contribution in [0.15, 0.2) is 72.3 Å². The molecule has 5 rings (SSSR count). The Kier molecular flexibility index (Phi) is 5.33. The maximum absolute atomic E-state index is 11.8. The number of anilines is 1. The quantitative estimate of drug-likeness (QED) is 0.593. The van der Waals surface area contributed by atoms with Gasteiger partial charge in [-0.1, -0.05) is 41.9 Å². The van der Waals surface area contributed by atoms with Crippen molar-refractivity contribution in [3.05, 3.63) is 94.0 Å². The van der Waals surface area contributed by atoms with E-state index >= 15 is 0 Å². The Morgan fingerprint density at radius 3 is 2.38 bits per heavy atom. The second-order valence-electron chi connectivity index (χ2n) is 8.20. The first-order chi connectivity index (χ1) is 15.4. The zero-order chi connectivity index (χ0) is 22.3. The van der Waals surface area contributed by atoms with Crippen LogP contribution in [0, 0.1) is 0 Å². The van der Waals surface area contributed by atoms with Gasteiger partial charge in [-0.2, -0.15) is 0 Å². The molecule has 1 N–H and O–H groups in total. The van der Waals surface area contributed by atoms with Crippen LogP contribution in [-0.4, -0.2) is 32.6 Å². The maximum Gasteiger partial charge on any atom is 0.231 e. The molecule has 2 aliphatic rings. The molecular formula is C26H24ClNO4. The zero-order valence-electron chi connectivity index (χ0n) is 18.0. The summed E-state index contributed by atoms with van der Waals surface area (Å²) in [6, 6.07) is 21.3. The van der Waals surface area contributed by atoms with E-state index in [-0.39, 0.29) is 6.79 Å². The SMILES string of the molecule is CN(C)c1ccc(C2=C(Cc3ccc4c(c3)OCO4)C(O)(c3ccc(Cl)cc3)OC2)cc1. The fraction of sp³-hybridized carbons (Fsp3) is 0.231. The van der Waals surface area contributed by atoms with Crippen molar-refractivity contribution >= 4 is 22.9 Å². The van der Waals surface area contributed by atoms with E-state index in [1.807, 2.05) is 32.3 Å². The number of rotatable bonds is 5. The van der Waals surface area contributed by atoms with Crippen molar-refractivity contribution in [1.82, 2.24) is 0 Å². The molecule has 3 aromatic rings. The van der Waals surface area contributed by atoms with Gasteiger partial charge in [-0.15, -0.1) is 0 Å². The largest absolute Gasteiger partial charge is 0.454 e. The van der Waals surface area contributed by atoms with Crippen molar-refractivity contribution in [3.8, 4) is 11.5 Å². The molecular weight excluding hydrogens is 426 g/mol. The zero-order valence-corrected chi connectivity index (χ0v) is 18.7. The van der Waals surface area contributed by atoms with Crippen LogP contribution >= 0.6 is 11.6 Å². The van der Waals surface area contributed by atoms with E-state index in [1.54, 1.807) is 24.3 Å². The first-order valence-electron chi connectivity index (χ1n) is 10.5. The van der Waals surface area contributed by atoms with Gasteiger partial charge in [0.15, 0.2) is 11.5 Å². The molecule has 0 aliphatic carbocycles. The van der Waals surface area contributed by atoms with E-state index in [1.165, 1.54) is 0 Å². The Labute approximate surface area is 192 Å². The molecule has 1 atom stereocenters. The predicted molar refractivity (Wildman–Crippen MR) is 125 cm³/mol. The lowest BCUT2D eigenvalue weighted by atomic mass is 9.88. The van der Waals surface area contributed by atoms with Crippen LogP contribution in [-0.2, 0) is 16.9 Å². The number of halogens is 1. The van der Waals surface area contributed by atoms with Gasteiger partial charge in [0.05, 0.1) is 6.61 Å². The lowest BCUT2D eigenvalue weighted by Crippen LogP contribution is -2.29. The molecule has 32 heavy (non-hydrogen) atoms. The van der Waals surface area contributed by atoms with Crippen LogP contribution in [0.3, 0.4) is 0 Å². The number of fused-ring (bicyclic) bond motifs is 1. The van der Waals surface area contributed by atoms with E-state index in [2.05, 4.69) is 29.2 Å². The van der Waals surface area contributed by atoms with Gasteiger partial charge in [0.25, 0.3) is 0 Å². The van der Waals surface area contributed by atoms with Crippen molar-refractivity contribution in [2.45, 2.75) is 12.2 Å². The number of hydrogen-bond donors (Lipinski definition) is 1. The molecule has 0 radical (unpaired) electrons. The van der Waals surface area contributed by atoms with Crippen molar-refractivity contribution in [2.24, 2.45) is 0 Å². The van der Waals surface area contributed by atoms with Gasteiger partial charge in [0.2, 0.25) is 12.6 Å². The van der Waals surface area contributed by atoms with E-state index in [0.29, 0.717) is 29.4 Å². The van der Waals surface area contributed by atoms with Crippen LogP contribution in [0.1, 0.15) is 16.7 Å². The van der Waals surface area contributed by atoms with Crippen LogP contribution < -0.4 is 14.4 Å². The summed E-state index contributed by atoms with van der Waals surface area (Å²) in [5, 5.41) is 12.4. The van der Waals surface area contributed by atoms with Crippen molar-refractivity contribution in [1.29, 1.82) is 0 Å². The Hall–Kier alpha value is -2.99. The van der Waals surface area contributed by atoms with Gasteiger partial charge in [0, 0.05) is 35.9 Å². The number of hydrogen-bond acceptors (Lipinski definition) is 5. The monoisotopic (exact) mass is 449 g/mol. The van der Waals surface area contributed by atoms with E-state index in [0.717, 1.165) is 33.7 Å². The lowest BCUT2D eigenvalue weighted by Gasteiger charge is -2.27. The topological polar surface area (TPSA) is 51.2 Å². The minimum Gasteiger partial charge on any atom is -0.454 e. The van der Waals surface area contributed by atoms with Crippen molar-refractivity contribution in [2.75, 3.05) is 32.4 Å². The number of benzene rings is 3. The van der Waals surface area contributed by atoms with Gasteiger partial charge < -0.3 is 24.2 Å². The van der Waals surface area contributed by atoms with Crippen molar-refractivity contribution < 1.29 is 19.3 Å². The van der Waals surface area contributed by atoms with E-state index < -0.39 is 5.79 Å². The lowest BCUT2D eigenvalue weighted by molar-refractivity contribution is -0.162. The highest BCUT2D eigenvalue weighted by Gasteiger charge is 2.42. The molecule has 2 aliphatic heterocycles. The summed E-state index contributed by atoms with van der Waals surface area (Å²) < 4.78 is 17.1. The summed E-state index contributed by atoms with van der Waals surface area (Å²) in [5.74, 6) is -0.0944. The Bertz CT molecular complexity index is 1170. The third-order valence-corrected chi connectivity index (χ3v) is 6.24. The second kappa shape index (κ2) is 8.17. The first-order valence-corrected chi connectivity index (χ1v) is 10.8. The van der Waals surface area contributed by atoms with Crippen LogP contribution in [0.5, 0.6) is 11.5 Å².